The molecule has 0 spiro atoms. The summed E-state index contributed by atoms with van der Waals surface area (Å²) in [5.74, 6) is -0.146. The van der Waals surface area contributed by atoms with E-state index in [1.54, 1.807) is 0 Å². The Bertz CT molecular complexity index is 473. The summed E-state index contributed by atoms with van der Waals surface area (Å²) in [4.78, 5) is 12.0. The van der Waals surface area contributed by atoms with Gasteiger partial charge in [0.25, 0.3) is 0 Å². The highest BCUT2D eigenvalue weighted by Crippen LogP contribution is 2.42. The van der Waals surface area contributed by atoms with Crippen molar-refractivity contribution in [1.29, 1.82) is 0 Å². The number of ether oxygens (including phenoxy) is 1. The van der Waals surface area contributed by atoms with Crippen molar-refractivity contribution in [2.24, 2.45) is 0 Å². The Morgan fingerprint density at radius 1 is 1.22 bits per heavy atom. The van der Waals surface area contributed by atoms with Crippen molar-refractivity contribution in [3.8, 4) is 0 Å². The first-order valence-corrected chi connectivity index (χ1v) is 6.58. The highest BCUT2D eigenvalue weighted by molar-refractivity contribution is 5.93. The lowest BCUT2D eigenvalue weighted by atomic mass is 9.87. The maximum atomic E-state index is 12.0. The maximum Gasteiger partial charge on any atom is 0.335 e. The van der Waals surface area contributed by atoms with Crippen molar-refractivity contribution in [2.75, 3.05) is 0 Å². The van der Waals surface area contributed by atoms with Gasteiger partial charge < -0.3 is 4.74 Å². The summed E-state index contributed by atoms with van der Waals surface area (Å²) in [5.41, 5.74) is 2.39. The standard InChI is InChI=1S/C16H20O2/c1-4-5-11-14-12(2)16(3,18-15(14)17)13-9-7-6-8-10-13/h6-10H,4-5,11H2,1-3H3/t16-/m0/s1. The van der Waals surface area contributed by atoms with Gasteiger partial charge in [-0.3, -0.25) is 0 Å². The van der Waals surface area contributed by atoms with Crippen LogP contribution in [0.2, 0.25) is 0 Å². The van der Waals surface area contributed by atoms with Crippen LogP contribution in [0, 0.1) is 0 Å². The molecule has 0 N–H and O–H groups in total. The molecule has 0 bridgehead atoms. The third-order valence-electron chi connectivity index (χ3n) is 3.82. The topological polar surface area (TPSA) is 26.3 Å². The van der Waals surface area contributed by atoms with Gasteiger partial charge in [0.15, 0.2) is 5.60 Å². The van der Waals surface area contributed by atoms with Gasteiger partial charge in [-0.25, -0.2) is 4.79 Å². The average molecular weight is 244 g/mol. The second-order valence-electron chi connectivity index (χ2n) is 5.00. The zero-order valence-electron chi connectivity index (χ0n) is 11.3. The Kier molecular flexibility index (Phi) is 3.55. The molecule has 1 aromatic rings. The van der Waals surface area contributed by atoms with Crippen molar-refractivity contribution in [1.82, 2.24) is 0 Å². The fourth-order valence-electron chi connectivity index (χ4n) is 2.44. The first kappa shape index (κ1) is 12.9. The number of hydrogen-bond donors (Lipinski definition) is 0. The van der Waals surface area contributed by atoms with Gasteiger partial charge in [-0.1, -0.05) is 43.7 Å². The second-order valence-corrected chi connectivity index (χ2v) is 5.00. The molecular formula is C16H20O2. The van der Waals surface area contributed by atoms with Crippen LogP contribution in [0.1, 0.15) is 45.6 Å². The third kappa shape index (κ3) is 2.07. The predicted octanol–water partition coefficient (Wildman–Crippen LogP) is 3.97. The fourth-order valence-corrected chi connectivity index (χ4v) is 2.44. The minimum absolute atomic E-state index is 0.146. The molecule has 0 unspecified atom stereocenters. The van der Waals surface area contributed by atoms with E-state index >= 15 is 0 Å². The lowest BCUT2D eigenvalue weighted by molar-refractivity contribution is -0.146. The summed E-state index contributed by atoms with van der Waals surface area (Å²) in [6.07, 6.45) is 2.95. The van der Waals surface area contributed by atoms with Gasteiger partial charge in [0.05, 0.1) is 0 Å². The molecule has 18 heavy (non-hydrogen) atoms. The van der Waals surface area contributed by atoms with Crippen molar-refractivity contribution >= 4 is 5.97 Å². The van der Waals surface area contributed by atoms with Crippen molar-refractivity contribution in [3.63, 3.8) is 0 Å². The van der Waals surface area contributed by atoms with Crippen LogP contribution in [0.3, 0.4) is 0 Å². The number of hydrogen-bond acceptors (Lipinski definition) is 2. The molecule has 0 aliphatic carbocycles. The number of esters is 1. The van der Waals surface area contributed by atoms with Gasteiger partial charge in [-0.15, -0.1) is 0 Å². The summed E-state index contributed by atoms with van der Waals surface area (Å²) >= 11 is 0. The molecule has 0 saturated heterocycles. The van der Waals surface area contributed by atoms with E-state index in [0.29, 0.717) is 0 Å². The van der Waals surface area contributed by atoms with E-state index in [2.05, 4.69) is 6.92 Å². The molecule has 0 fully saturated rings. The van der Waals surface area contributed by atoms with Crippen LogP contribution in [0.25, 0.3) is 0 Å². The van der Waals surface area contributed by atoms with Gasteiger partial charge in [0, 0.05) is 5.57 Å². The van der Waals surface area contributed by atoms with Crippen LogP contribution >= 0.6 is 0 Å². The van der Waals surface area contributed by atoms with Crippen LogP contribution in [0.4, 0.5) is 0 Å². The molecule has 0 radical (unpaired) electrons. The molecule has 1 aliphatic rings. The average Bonchev–Trinajstić information content (AvgIpc) is 2.60. The highest BCUT2D eigenvalue weighted by Gasteiger charge is 2.42. The van der Waals surface area contributed by atoms with E-state index in [1.165, 1.54) is 0 Å². The monoisotopic (exact) mass is 244 g/mol. The third-order valence-corrected chi connectivity index (χ3v) is 3.82. The van der Waals surface area contributed by atoms with Crippen LogP contribution in [0.5, 0.6) is 0 Å². The van der Waals surface area contributed by atoms with Gasteiger partial charge >= 0.3 is 5.97 Å². The Hall–Kier alpha value is -1.57. The number of carbonyl (C=O) groups is 1. The molecule has 2 heteroatoms. The molecule has 0 saturated carbocycles. The van der Waals surface area contributed by atoms with Crippen LogP contribution < -0.4 is 0 Å². The summed E-state index contributed by atoms with van der Waals surface area (Å²) in [7, 11) is 0. The summed E-state index contributed by atoms with van der Waals surface area (Å²) < 4.78 is 5.64. The van der Waals surface area contributed by atoms with E-state index in [-0.39, 0.29) is 5.97 Å². The Morgan fingerprint density at radius 2 is 1.89 bits per heavy atom. The fraction of sp³-hybridized carbons (Fsp3) is 0.438. The Morgan fingerprint density at radius 3 is 2.50 bits per heavy atom. The molecule has 96 valence electrons. The summed E-state index contributed by atoms with van der Waals surface area (Å²) in [6, 6.07) is 9.96. The van der Waals surface area contributed by atoms with E-state index in [4.69, 9.17) is 4.74 Å². The minimum atomic E-state index is -0.582. The quantitative estimate of drug-likeness (QED) is 0.749. The van der Waals surface area contributed by atoms with Crippen LogP contribution in [-0.2, 0) is 15.1 Å². The SMILES string of the molecule is CCCCC1=C(C)[C@@](C)(c2ccccc2)OC1=O. The molecule has 0 amide bonds. The highest BCUT2D eigenvalue weighted by atomic mass is 16.6. The summed E-state index contributed by atoms with van der Waals surface area (Å²) in [6.45, 7) is 6.13. The second kappa shape index (κ2) is 4.97. The molecule has 1 heterocycles. The number of rotatable bonds is 4. The van der Waals surface area contributed by atoms with E-state index in [1.807, 2.05) is 44.2 Å². The molecule has 0 aromatic heterocycles. The van der Waals surface area contributed by atoms with Gasteiger partial charge in [0.1, 0.15) is 0 Å². The minimum Gasteiger partial charge on any atom is -0.447 e. The summed E-state index contributed by atoms with van der Waals surface area (Å²) in [5, 5.41) is 0. The lowest BCUT2D eigenvalue weighted by Crippen LogP contribution is -2.24. The first-order chi connectivity index (χ1) is 8.59. The number of cyclic esters (lactones) is 1. The van der Waals surface area contributed by atoms with Crippen LogP contribution in [-0.4, -0.2) is 5.97 Å². The molecule has 1 aliphatic heterocycles. The van der Waals surface area contributed by atoms with Crippen molar-refractivity contribution in [2.45, 2.75) is 45.6 Å². The van der Waals surface area contributed by atoms with E-state index < -0.39 is 5.60 Å². The largest absolute Gasteiger partial charge is 0.447 e. The number of carbonyl (C=O) groups excluding carboxylic acids is 1. The molecule has 1 aromatic carbocycles. The van der Waals surface area contributed by atoms with E-state index in [9.17, 15) is 4.79 Å². The smallest absolute Gasteiger partial charge is 0.335 e. The predicted molar refractivity (Wildman–Crippen MR) is 72.1 cm³/mol. The zero-order valence-corrected chi connectivity index (χ0v) is 11.3. The molecule has 2 rings (SSSR count). The first-order valence-electron chi connectivity index (χ1n) is 6.58. The number of unbranched alkanes of at least 4 members (excludes halogenated alkanes) is 1. The maximum absolute atomic E-state index is 12.0. The molecule has 1 atom stereocenters. The number of benzene rings is 1. The zero-order chi connectivity index (χ0) is 13.2. The Balaban J connectivity index is 2.36. The van der Waals surface area contributed by atoms with E-state index in [0.717, 1.165) is 36.0 Å². The van der Waals surface area contributed by atoms with Gasteiger partial charge in [0.2, 0.25) is 0 Å². The van der Waals surface area contributed by atoms with Crippen molar-refractivity contribution in [3.05, 3.63) is 47.0 Å². The lowest BCUT2D eigenvalue weighted by Gasteiger charge is -2.25. The molecular weight excluding hydrogens is 224 g/mol. The normalized spacial score (nSPS) is 23.4. The van der Waals surface area contributed by atoms with Gasteiger partial charge in [-0.05, 0) is 37.8 Å². The van der Waals surface area contributed by atoms with Gasteiger partial charge in [-0.2, -0.15) is 0 Å². The Labute approximate surface area is 109 Å². The van der Waals surface area contributed by atoms with Crippen molar-refractivity contribution < 1.29 is 9.53 Å². The van der Waals surface area contributed by atoms with Crippen LogP contribution in [0.15, 0.2) is 41.5 Å². The molecule has 2 nitrogen and oxygen atoms in total.